The minimum Gasteiger partial charge on any atom is -0.507 e. The summed E-state index contributed by atoms with van der Waals surface area (Å²) >= 11 is 1.18. The van der Waals surface area contributed by atoms with Gasteiger partial charge in [0.05, 0.1) is 17.7 Å². The molecule has 0 unspecified atom stereocenters. The lowest BCUT2D eigenvalue weighted by atomic mass is 10.2. The van der Waals surface area contributed by atoms with E-state index in [1.807, 2.05) is 0 Å². The lowest BCUT2D eigenvalue weighted by Crippen LogP contribution is -1.99. The zero-order valence-electron chi connectivity index (χ0n) is 8.62. The van der Waals surface area contributed by atoms with E-state index in [4.69, 9.17) is 5.11 Å². The van der Waals surface area contributed by atoms with Crippen molar-refractivity contribution in [3.63, 3.8) is 0 Å². The summed E-state index contributed by atoms with van der Waals surface area (Å²) in [5.74, 6) is -1.13. The fraction of sp³-hybridized carbons (Fsp3) is 0.0909. The molecule has 88 valence electrons. The summed E-state index contributed by atoms with van der Waals surface area (Å²) in [7, 11) is 0. The Hall–Kier alpha value is -2.08. The van der Waals surface area contributed by atoms with E-state index >= 15 is 0 Å². The molecule has 0 fully saturated rings. The van der Waals surface area contributed by atoms with E-state index < -0.39 is 5.97 Å². The Morgan fingerprint density at radius 1 is 1.29 bits per heavy atom. The summed E-state index contributed by atoms with van der Waals surface area (Å²) in [4.78, 5) is 14.6. The van der Waals surface area contributed by atoms with E-state index in [1.165, 1.54) is 29.5 Å². The Bertz CT molecular complexity index is 544. The van der Waals surface area contributed by atoms with Crippen LogP contribution in [0.15, 0.2) is 23.6 Å². The van der Waals surface area contributed by atoms with Gasteiger partial charge in [-0.25, -0.2) is 4.98 Å². The van der Waals surface area contributed by atoms with Crippen LogP contribution in [0.1, 0.15) is 5.69 Å². The van der Waals surface area contributed by atoms with Gasteiger partial charge in [-0.15, -0.1) is 11.3 Å². The fourth-order valence-electron chi connectivity index (χ4n) is 1.41. The minimum absolute atomic E-state index is 0.0822. The van der Waals surface area contributed by atoms with Crippen LogP contribution >= 0.6 is 11.3 Å². The van der Waals surface area contributed by atoms with Crippen LogP contribution in [0.2, 0.25) is 0 Å². The van der Waals surface area contributed by atoms with E-state index in [9.17, 15) is 15.0 Å². The van der Waals surface area contributed by atoms with Crippen LogP contribution in [0.5, 0.6) is 11.5 Å². The molecule has 1 aromatic carbocycles. The van der Waals surface area contributed by atoms with Gasteiger partial charge in [0.25, 0.3) is 0 Å². The van der Waals surface area contributed by atoms with Gasteiger partial charge in [0.15, 0.2) is 0 Å². The summed E-state index contributed by atoms with van der Waals surface area (Å²) in [6.45, 7) is 0. The Kier molecular flexibility index (Phi) is 2.97. The predicted molar refractivity (Wildman–Crippen MR) is 62.2 cm³/mol. The van der Waals surface area contributed by atoms with Crippen LogP contribution < -0.4 is 0 Å². The first-order valence-electron chi connectivity index (χ1n) is 4.75. The molecule has 6 heteroatoms. The molecule has 0 aliphatic rings. The summed E-state index contributed by atoms with van der Waals surface area (Å²) in [5.41, 5.74) is 0.634. The molecular formula is C11H9NO4S. The van der Waals surface area contributed by atoms with Crippen molar-refractivity contribution in [2.45, 2.75) is 6.42 Å². The largest absolute Gasteiger partial charge is 0.507 e. The molecule has 1 heterocycles. The van der Waals surface area contributed by atoms with Gasteiger partial charge in [0, 0.05) is 5.38 Å². The number of nitrogens with zero attached hydrogens (tertiary/aromatic N) is 1. The number of aromatic nitrogens is 1. The highest BCUT2D eigenvalue weighted by atomic mass is 32.1. The van der Waals surface area contributed by atoms with E-state index in [0.717, 1.165) is 0 Å². The number of rotatable bonds is 3. The monoisotopic (exact) mass is 251 g/mol. The van der Waals surface area contributed by atoms with Gasteiger partial charge in [0.2, 0.25) is 0 Å². The molecule has 0 saturated carbocycles. The van der Waals surface area contributed by atoms with Crippen molar-refractivity contribution in [1.82, 2.24) is 4.98 Å². The average molecular weight is 251 g/mol. The van der Waals surface area contributed by atoms with Gasteiger partial charge in [-0.05, 0) is 12.1 Å². The van der Waals surface area contributed by atoms with Crippen LogP contribution in [0, 0.1) is 0 Å². The first-order valence-corrected chi connectivity index (χ1v) is 5.63. The molecule has 2 aromatic rings. The fourth-order valence-corrected chi connectivity index (χ4v) is 2.29. The maximum Gasteiger partial charge on any atom is 0.309 e. The molecule has 1 aromatic heterocycles. The minimum atomic E-state index is -0.969. The quantitative estimate of drug-likeness (QED) is 0.774. The van der Waals surface area contributed by atoms with E-state index in [2.05, 4.69) is 4.98 Å². The molecule has 0 amide bonds. The van der Waals surface area contributed by atoms with Crippen LogP contribution in [0.25, 0.3) is 10.6 Å². The number of phenolic OH excluding ortho intramolecular Hbond substituents is 2. The molecule has 0 aliphatic carbocycles. The second kappa shape index (κ2) is 4.42. The SMILES string of the molecule is O=C(O)Cc1csc(-c2c(O)cccc2O)n1. The third-order valence-corrected chi connectivity index (χ3v) is 3.03. The molecule has 0 atom stereocenters. The molecular weight excluding hydrogens is 242 g/mol. The number of phenols is 2. The van der Waals surface area contributed by atoms with Crippen molar-refractivity contribution in [2.24, 2.45) is 0 Å². The molecule has 0 spiro atoms. The Morgan fingerprint density at radius 3 is 2.53 bits per heavy atom. The second-order valence-electron chi connectivity index (χ2n) is 3.39. The molecule has 17 heavy (non-hydrogen) atoms. The highest BCUT2D eigenvalue weighted by Crippen LogP contribution is 2.38. The summed E-state index contributed by atoms with van der Waals surface area (Å²) in [5, 5.41) is 29.9. The first kappa shape index (κ1) is 11.4. The van der Waals surface area contributed by atoms with Gasteiger partial charge >= 0.3 is 5.97 Å². The number of hydrogen-bond acceptors (Lipinski definition) is 5. The zero-order valence-corrected chi connectivity index (χ0v) is 9.44. The normalized spacial score (nSPS) is 10.4. The number of carbonyl (C=O) groups is 1. The number of carboxylic acids is 1. The van der Waals surface area contributed by atoms with Gasteiger partial charge < -0.3 is 15.3 Å². The third kappa shape index (κ3) is 2.36. The number of thiazole rings is 1. The van der Waals surface area contributed by atoms with E-state index in [1.54, 1.807) is 5.38 Å². The van der Waals surface area contributed by atoms with Crippen molar-refractivity contribution < 1.29 is 20.1 Å². The van der Waals surface area contributed by atoms with Crippen molar-refractivity contribution in [3.8, 4) is 22.1 Å². The van der Waals surface area contributed by atoms with E-state index in [0.29, 0.717) is 10.7 Å². The highest BCUT2D eigenvalue weighted by molar-refractivity contribution is 7.13. The summed E-state index contributed by atoms with van der Waals surface area (Å²) < 4.78 is 0. The van der Waals surface area contributed by atoms with Crippen molar-refractivity contribution >= 4 is 17.3 Å². The number of carboxylic acid groups (broad SMARTS) is 1. The zero-order chi connectivity index (χ0) is 12.4. The number of aromatic hydroxyl groups is 2. The lowest BCUT2D eigenvalue weighted by molar-refractivity contribution is -0.136. The van der Waals surface area contributed by atoms with Crippen LogP contribution in [-0.4, -0.2) is 26.3 Å². The molecule has 0 radical (unpaired) electrons. The molecule has 3 N–H and O–H groups in total. The maximum absolute atomic E-state index is 10.5. The van der Waals surface area contributed by atoms with Crippen LogP contribution in [0.3, 0.4) is 0 Å². The van der Waals surface area contributed by atoms with Gasteiger partial charge in [-0.2, -0.15) is 0 Å². The lowest BCUT2D eigenvalue weighted by Gasteiger charge is -2.02. The average Bonchev–Trinajstić information content (AvgIpc) is 2.65. The predicted octanol–water partition coefficient (Wildman–Crippen LogP) is 1.85. The Labute approximate surface area is 101 Å². The second-order valence-corrected chi connectivity index (χ2v) is 4.24. The van der Waals surface area contributed by atoms with Gasteiger partial charge in [-0.3, -0.25) is 4.79 Å². The first-order chi connectivity index (χ1) is 8.08. The molecule has 5 nitrogen and oxygen atoms in total. The molecule has 0 aliphatic heterocycles. The summed E-state index contributed by atoms with van der Waals surface area (Å²) in [6.07, 6.45) is -0.176. The standard InChI is InChI=1S/C11H9NO4S/c13-7-2-1-3-8(14)10(7)11-12-6(5-17-11)4-9(15)16/h1-3,5,13-14H,4H2,(H,15,16). The van der Waals surface area contributed by atoms with Gasteiger partial charge in [0.1, 0.15) is 16.5 Å². The van der Waals surface area contributed by atoms with Crippen molar-refractivity contribution in [1.29, 1.82) is 0 Å². The maximum atomic E-state index is 10.5. The van der Waals surface area contributed by atoms with Crippen molar-refractivity contribution in [2.75, 3.05) is 0 Å². The smallest absolute Gasteiger partial charge is 0.309 e. The number of benzene rings is 1. The Morgan fingerprint density at radius 2 is 1.94 bits per heavy atom. The topological polar surface area (TPSA) is 90.7 Å². The van der Waals surface area contributed by atoms with Crippen molar-refractivity contribution in [3.05, 3.63) is 29.3 Å². The molecule has 0 bridgehead atoms. The third-order valence-electron chi connectivity index (χ3n) is 2.12. The van der Waals surface area contributed by atoms with Gasteiger partial charge in [-0.1, -0.05) is 6.07 Å². The van der Waals surface area contributed by atoms with E-state index in [-0.39, 0.29) is 23.5 Å². The highest BCUT2D eigenvalue weighted by Gasteiger charge is 2.14. The van der Waals surface area contributed by atoms with Crippen LogP contribution in [-0.2, 0) is 11.2 Å². The molecule has 2 rings (SSSR count). The van der Waals surface area contributed by atoms with Crippen LogP contribution in [0.4, 0.5) is 0 Å². The Balaban J connectivity index is 2.40. The molecule has 0 saturated heterocycles. The number of hydrogen-bond donors (Lipinski definition) is 3. The summed E-state index contributed by atoms with van der Waals surface area (Å²) in [6, 6.07) is 4.39. The number of aliphatic carboxylic acids is 1.